The first-order valence-corrected chi connectivity index (χ1v) is 42.5. The van der Waals surface area contributed by atoms with Crippen molar-refractivity contribution in [2.75, 3.05) is 13.2 Å². The van der Waals surface area contributed by atoms with Crippen LogP contribution in [0.15, 0.2) is 146 Å². The van der Waals surface area contributed by atoms with Gasteiger partial charge in [-0.1, -0.05) is 268 Å². The van der Waals surface area contributed by atoms with E-state index in [0.29, 0.717) is 71.3 Å². The van der Waals surface area contributed by atoms with Crippen molar-refractivity contribution < 1.29 is 39.5 Å². The Bertz CT molecular complexity index is 5200. The highest BCUT2D eigenvalue weighted by molar-refractivity contribution is 6.31. The molecule has 117 heavy (non-hydrogen) atoms. The summed E-state index contributed by atoms with van der Waals surface area (Å²) in [5.74, 6) is 0.375. The monoisotopic (exact) mass is 1610 g/mol. The average Bonchev–Trinajstić information content (AvgIpc) is 1.51. The normalized spacial score (nSPS) is 12.2. The summed E-state index contributed by atoms with van der Waals surface area (Å²) in [7, 11) is 0. The molecule has 0 radical (unpaired) electrons. The molecule has 626 valence electrons. The maximum Gasteiger partial charge on any atom is 0.306 e. The van der Waals surface area contributed by atoms with Crippen LogP contribution in [0.3, 0.4) is 0 Å². The molecule has 0 saturated heterocycles. The predicted molar refractivity (Wildman–Crippen MR) is 474 cm³/mol. The zero-order chi connectivity index (χ0) is 85.2. The van der Waals surface area contributed by atoms with Crippen molar-refractivity contribution in [3.63, 3.8) is 0 Å². The lowest BCUT2D eigenvalue weighted by atomic mass is 9.72. The van der Waals surface area contributed by atoms with Crippen molar-refractivity contribution in [2.45, 2.75) is 281 Å². The predicted octanol–water partition coefficient (Wildman–Crippen LogP) is 23.5. The molecule has 0 bridgehead atoms. The molecule has 0 spiro atoms. The van der Waals surface area contributed by atoms with E-state index in [-0.39, 0.29) is 73.8 Å². The van der Waals surface area contributed by atoms with E-state index in [1.54, 1.807) is 29.1 Å². The van der Waals surface area contributed by atoms with E-state index < -0.39 is 0 Å². The second kappa shape index (κ2) is 39.8. The fourth-order valence-corrected chi connectivity index (χ4v) is 14.5. The standard InChI is InChI=1S/C27H36ClN3O3.C27H37N3O3.C22H29N3O.C20H25N3O/c1-5-6-7-8-9-10-15-34-25(32)14-11-19-16-21(27(2,3)4)26(33)24(17-19)31-29-22-13-12-20(28)18-23(22)30-31;1-5-6-7-8-9-12-17-33-25(31)16-15-20-18-21(27(2,3)4)26(32)24(19-20)30-28-22-13-10-11-14-23(22)29-30;1-7-21(3,4)15-13-16(22(5,6)8-2)20(26)19(14-15)25-23-17-11-9-10-12-18(17)24-25;1-19(2,3)13-20(4,5)14-10-11-18(24)17(12-14)23-21-15-8-6-7-9-16(15)22-23/h12-13,16-18,33H,5-11,14-15H2,1-4H3;10-11,13-14,18-19,32H,5-9,12,15-17H2,1-4H3;9-14,26H,7-8H2,1-6H3;6-12,24H,13H2,1-5H3. The van der Waals surface area contributed by atoms with Gasteiger partial charge < -0.3 is 29.9 Å². The molecule has 0 unspecified atom stereocenters. The smallest absolute Gasteiger partial charge is 0.306 e. The highest BCUT2D eigenvalue weighted by atomic mass is 35.5. The Hall–Kier alpha value is -10.2. The third-order valence-electron chi connectivity index (χ3n) is 21.8. The van der Waals surface area contributed by atoms with Crippen LogP contribution in [0, 0.1) is 5.41 Å². The third kappa shape index (κ3) is 24.7. The fraction of sp³-hybridized carbons (Fsp3) is 0.479. The van der Waals surface area contributed by atoms with Gasteiger partial charge >= 0.3 is 11.9 Å². The number of halogens is 1. The summed E-state index contributed by atoms with van der Waals surface area (Å²) < 4.78 is 10.9. The van der Waals surface area contributed by atoms with E-state index in [4.69, 9.17) is 21.1 Å². The molecular weight excluding hydrogens is 1480 g/mol. The van der Waals surface area contributed by atoms with Crippen LogP contribution in [-0.4, -0.2) is 106 Å². The number of ether oxygens (including phenoxy) is 2. The largest absolute Gasteiger partial charge is 0.506 e. The summed E-state index contributed by atoms with van der Waals surface area (Å²) in [6, 6.07) is 46.0. The number of aryl methyl sites for hydroxylation is 2. The number of carbonyl (C=O) groups is 2. The van der Waals surface area contributed by atoms with Crippen molar-refractivity contribution in [1.82, 2.24) is 60.0 Å². The molecule has 0 aliphatic carbocycles. The van der Waals surface area contributed by atoms with Crippen molar-refractivity contribution >= 4 is 67.7 Å². The second-order valence-electron chi connectivity index (χ2n) is 36.2. The van der Waals surface area contributed by atoms with Gasteiger partial charge in [0.1, 0.15) is 89.9 Å². The van der Waals surface area contributed by atoms with Crippen LogP contribution < -0.4 is 0 Å². The Kier molecular flexibility index (Phi) is 30.9. The van der Waals surface area contributed by atoms with E-state index >= 15 is 0 Å². The van der Waals surface area contributed by atoms with Gasteiger partial charge in [0.2, 0.25) is 0 Å². The SMILES string of the molecule is CC(C)(C)CC(C)(C)c1ccc(O)c(-n2nc3ccccc3n2)c1.CCC(C)(C)c1cc(-n2nc3ccccc3n2)c(O)c(C(C)(C)CC)c1.CCCCCCCCOC(=O)CCc1cc(-n2nc3ccc(Cl)cc3n2)c(O)c(C(C)(C)C)c1.CCCCCCCCOC(=O)CCc1cc(-n2nc3ccccc3n2)c(O)c(C(C)(C)C)c1. The maximum absolute atomic E-state index is 12.3. The molecule has 8 aromatic carbocycles. The first-order chi connectivity index (χ1) is 55.3. The quantitative estimate of drug-likeness (QED) is 0.0241. The molecule has 0 atom stereocenters. The molecule has 0 saturated carbocycles. The highest BCUT2D eigenvalue weighted by Crippen LogP contribution is 2.44. The maximum atomic E-state index is 12.3. The number of aromatic hydroxyl groups is 4. The summed E-state index contributed by atoms with van der Waals surface area (Å²) in [4.78, 5) is 30.6. The number of carbonyl (C=O) groups excluding carboxylic acids is 2. The van der Waals surface area contributed by atoms with Gasteiger partial charge in [-0.25, -0.2) is 0 Å². The molecule has 4 aromatic heterocycles. The number of hydrogen-bond donors (Lipinski definition) is 4. The summed E-state index contributed by atoms with van der Waals surface area (Å²) >= 11 is 6.09. The zero-order valence-electron chi connectivity index (χ0n) is 72.9. The number of unbranched alkanes of at least 4 members (excludes halogenated alkanes) is 10. The number of benzene rings is 8. The summed E-state index contributed by atoms with van der Waals surface area (Å²) in [5, 5.41) is 80.3. The number of esters is 2. The highest BCUT2D eigenvalue weighted by Gasteiger charge is 2.32. The van der Waals surface area contributed by atoms with Gasteiger partial charge in [-0.05, 0) is 185 Å². The van der Waals surface area contributed by atoms with Gasteiger partial charge in [0.25, 0.3) is 0 Å². The van der Waals surface area contributed by atoms with Gasteiger partial charge in [0.05, 0.1) is 13.2 Å². The van der Waals surface area contributed by atoms with Crippen molar-refractivity contribution in [2.24, 2.45) is 5.41 Å². The number of phenolic OH excluding ortho intramolecular Hbond substituents is 4. The minimum atomic E-state index is -0.303. The van der Waals surface area contributed by atoms with Crippen LogP contribution in [0.2, 0.25) is 5.02 Å². The number of hydrogen-bond acceptors (Lipinski definition) is 16. The molecule has 0 amide bonds. The van der Waals surface area contributed by atoms with Crippen LogP contribution in [0.1, 0.15) is 280 Å². The number of phenols is 4. The lowest BCUT2D eigenvalue weighted by Gasteiger charge is -2.33. The Morgan fingerprint density at radius 3 is 1.09 bits per heavy atom. The third-order valence-corrected chi connectivity index (χ3v) is 22.1. The van der Waals surface area contributed by atoms with E-state index in [1.165, 1.54) is 76.9 Å². The molecule has 0 aliphatic rings. The van der Waals surface area contributed by atoms with Crippen LogP contribution in [0.5, 0.6) is 23.0 Å². The molecule has 4 heterocycles. The molecule has 0 aliphatic heterocycles. The van der Waals surface area contributed by atoms with E-state index in [9.17, 15) is 30.0 Å². The van der Waals surface area contributed by atoms with Crippen molar-refractivity contribution in [3.05, 3.63) is 190 Å². The van der Waals surface area contributed by atoms with Gasteiger partial charge in [-0.2, -0.15) is 0 Å². The van der Waals surface area contributed by atoms with Crippen LogP contribution in [0.4, 0.5) is 0 Å². The average molecular weight is 1610 g/mol. The van der Waals surface area contributed by atoms with Gasteiger partial charge in [0.15, 0.2) is 0 Å². The van der Waals surface area contributed by atoms with E-state index in [2.05, 4.69) is 158 Å². The van der Waals surface area contributed by atoms with E-state index in [1.807, 2.05) is 136 Å². The summed E-state index contributed by atoms with van der Waals surface area (Å²) in [6.45, 7) is 42.0. The Morgan fingerprint density at radius 2 is 0.709 bits per heavy atom. The van der Waals surface area contributed by atoms with E-state index in [0.717, 1.165) is 106 Å². The number of nitrogens with zero attached hydrogens (tertiary/aromatic N) is 12. The van der Waals surface area contributed by atoms with Gasteiger partial charge in [-0.3, -0.25) is 9.59 Å². The van der Waals surface area contributed by atoms with Gasteiger partial charge in [-0.15, -0.1) is 60.0 Å². The summed E-state index contributed by atoms with van der Waals surface area (Å²) in [5.41, 5.74) is 14.7. The van der Waals surface area contributed by atoms with Crippen LogP contribution in [-0.2, 0) is 59.0 Å². The first-order valence-electron chi connectivity index (χ1n) is 42.1. The first kappa shape index (κ1) is 90.7. The molecular formula is C96H127ClN12O8. The van der Waals surface area contributed by atoms with Crippen molar-refractivity contribution in [1.29, 1.82) is 0 Å². The second-order valence-corrected chi connectivity index (χ2v) is 36.7. The molecule has 12 rings (SSSR count). The minimum absolute atomic E-state index is 0.00667. The Balaban J connectivity index is 0.000000180. The lowest BCUT2D eigenvalue weighted by Crippen LogP contribution is -2.25. The number of fused-ring (bicyclic) bond motifs is 4. The Labute approximate surface area is 697 Å². The fourth-order valence-electron chi connectivity index (χ4n) is 14.4. The summed E-state index contributed by atoms with van der Waals surface area (Å²) in [6.07, 6.45) is 18.6. The molecule has 4 N–H and O–H groups in total. The molecule has 21 heteroatoms. The van der Waals surface area contributed by atoms with Crippen LogP contribution >= 0.6 is 11.6 Å². The topological polar surface area (TPSA) is 256 Å². The van der Waals surface area contributed by atoms with Gasteiger partial charge in [0, 0.05) is 34.6 Å². The lowest BCUT2D eigenvalue weighted by molar-refractivity contribution is -0.144. The molecule has 12 aromatic rings. The Morgan fingerprint density at radius 1 is 0.359 bits per heavy atom. The molecule has 0 fully saturated rings. The minimum Gasteiger partial charge on any atom is -0.506 e. The number of rotatable bonds is 30. The zero-order valence-corrected chi connectivity index (χ0v) is 73.6. The molecule has 20 nitrogen and oxygen atoms in total. The van der Waals surface area contributed by atoms with Crippen LogP contribution in [0.25, 0.3) is 66.9 Å². The number of aromatic nitrogens is 12. The van der Waals surface area contributed by atoms with Crippen molar-refractivity contribution in [3.8, 4) is 45.7 Å².